The van der Waals surface area contributed by atoms with Crippen molar-refractivity contribution in [2.24, 2.45) is 0 Å². The van der Waals surface area contributed by atoms with Crippen LogP contribution in [0.1, 0.15) is 25.7 Å². The average Bonchev–Trinajstić information content (AvgIpc) is 2.66. The molecule has 0 saturated carbocycles. The third-order valence-electron chi connectivity index (χ3n) is 4.09. The summed E-state index contributed by atoms with van der Waals surface area (Å²) in [5, 5.41) is 2.91. The first-order valence-corrected chi connectivity index (χ1v) is 8.72. The number of hydrogen-bond donors (Lipinski definition) is 1. The second-order valence-corrected chi connectivity index (χ2v) is 8.11. The third kappa shape index (κ3) is 4.60. The van der Waals surface area contributed by atoms with E-state index in [9.17, 15) is 21.6 Å². The lowest BCUT2D eigenvalue weighted by atomic mass is 10.0. The largest absolute Gasteiger partial charge is 0.401 e. The Bertz CT molecular complexity index is 417. The maximum Gasteiger partial charge on any atom is 0.401 e. The van der Waals surface area contributed by atoms with Crippen LogP contribution in [0.3, 0.4) is 0 Å². The summed E-state index contributed by atoms with van der Waals surface area (Å²) in [4.78, 5) is 1.41. The molecule has 0 amide bonds. The highest BCUT2D eigenvalue weighted by Gasteiger charge is 2.34. The van der Waals surface area contributed by atoms with Crippen LogP contribution < -0.4 is 5.32 Å². The van der Waals surface area contributed by atoms with Gasteiger partial charge in [-0.2, -0.15) is 13.2 Å². The summed E-state index contributed by atoms with van der Waals surface area (Å²) in [5.74, 6) is 0.267. The minimum Gasteiger partial charge on any atom is -0.313 e. The number of sulfone groups is 1. The second-order valence-electron chi connectivity index (χ2n) is 5.71. The van der Waals surface area contributed by atoms with Gasteiger partial charge in [0, 0.05) is 12.6 Å². The Morgan fingerprint density at radius 1 is 1.15 bits per heavy atom. The van der Waals surface area contributed by atoms with Gasteiger partial charge < -0.3 is 5.32 Å². The molecule has 0 aromatic heterocycles. The van der Waals surface area contributed by atoms with Crippen LogP contribution in [-0.2, 0) is 9.84 Å². The first kappa shape index (κ1) is 16.0. The number of hydrogen-bond acceptors (Lipinski definition) is 4. The number of nitrogens with zero attached hydrogens (tertiary/aromatic N) is 1. The predicted octanol–water partition coefficient (Wildman–Crippen LogP) is 1.18. The lowest BCUT2D eigenvalue weighted by Gasteiger charge is -2.33. The maximum atomic E-state index is 12.3. The molecule has 0 bridgehead atoms. The van der Waals surface area contributed by atoms with Gasteiger partial charge in [-0.3, -0.25) is 4.90 Å². The lowest BCUT2D eigenvalue weighted by molar-refractivity contribution is -0.148. The van der Waals surface area contributed by atoms with Gasteiger partial charge in [0.25, 0.3) is 0 Å². The van der Waals surface area contributed by atoms with Gasteiger partial charge in [-0.05, 0) is 38.8 Å². The molecule has 20 heavy (non-hydrogen) atoms. The number of nitrogens with one attached hydrogen (secondary N) is 1. The van der Waals surface area contributed by atoms with Gasteiger partial charge in [0.2, 0.25) is 0 Å². The summed E-state index contributed by atoms with van der Waals surface area (Å²) in [5.41, 5.74) is 0. The van der Waals surface area contributed by atoms with E-state index in [1.807, 2.05) is 0 Å². The molecule has 2 aliphatic heterocycles. The normalized spacial score (nSPS) is 28.9. The Labute approximate surface area is 117 Å². The fourth-order valence-corrected chi connectivity index (χ4v) is 4.71. The smallest absolute Gasteiger partial charge is 0.313 e. The van der Waals surface area contributed by atoms with Crippen molar-refractivity contribution < 1.29 is 21.6 Å². The number of piperidine rings is 1. The molecule has 0 aromatic carbocycles. The Hall–Kier alpha value is -0.340. The van der Waals surface area contributed by atoms with E-state index < -0.39 is 22.6 Å². The Morgan fingerprint density at radius 3 is 2.30 bits per heavy atom. The van der Waals surface area contributed by atoms with E-state index in [0.717, 1.165) is 6.42 Å². The van der Waals surface area contributed by atoms with Crippen molar-refractivity contribution in [3.8, 4) is 0 Å². The monoisotopic (exact) mass is 314 g/mol. The van der Waals surface area contributed by atoms with Crippen LogP contribution in [0.25, 0.3) is 0 Å². The van der Waals surface area contributed by atoms with Crippen molar-refractivity contribution in [2.45, 2.75) is 43.2 Å². The molecule has 0 aromatic rings. The summed E-state index contributed by atoms with van der Waals surface area (Å²) >= 11 is 0. The van der Waals surface area contributed by atoms with Gasteiger partial charge in [0.05, 0.1) is 17.5 Å². The van der Waals surface area contributed by atoms with E-state index in [1.54, 1.807) is 0 Å². The highest BCUT2D eigenvalue weighted by molar-refractivity contribution is 7.92. The fourth-order valence-electron chi connectivity index (χ4n) is 2.93. The summed E-state index contributed by atoms with van der Waals surface area (Å²) in [6.07, 6.45) is -1.44. The number of rotatable bonds is 4. The quantitative estimate of drug-likeness (QED) is 0.846. The van der Waals surface area contributed by atoms with Gasteiger partial charge in [-0.15, -0.1) is 0 Å². The fraction of sp³-hybridized carbons (Fsp3) is 1.00. The molecular weight excluding hydrogens is 293 g/mol. The van der Waals surface area contributed by atoms with E-state index in [2.05, 4.69) is 5.32 Å². The van der Waals surface area contributed by atoms with Crippen LogP contribution in [0, 0.1) is 0 Å². The molecule has 2 aliphatic rings. The van der Waals surface area contributed by atoms with Crippen LogP contribution in [0.15, 0.2) is 0 Å². The molecule has 0 aliphatic carbocycles. The molecular formula is C12H21F3N2O2S. The van der Waals surface area contributed by atoms with Crippen LogP contribution in [-0.4, -0.2) is 62.7 Å². The molecule has 8 heteroatoms. The van der Waals surface area contributed by atoms with Crippen molar-refractivity contribution in [2.75, 3.05) is 31.9 Å². The molecule has 0 radical (unpaired) electrons. The molecule has 1 atom stereocenters. The first-order valence-electron chi connectivity index (χ1n) is 7.00. The van der Waals surface area contributed by atoms with Crippen molar-refractivity contribution >= 4 is 9.84 Å². The highest BCUT2D eigenvalue weighted by atomic mass is 32.2. The zero-order valence-corrected chi connectivity index (χ0v) is 12.1. The standard InChI is InChI=1S/C12H21F3N2O2S/c13-12(14,15)9-17-5-3-10(4-6-17)16-8-11-2-1-7-20(11,18)19/h10-11,16H,1-9H2. The van der Waals surface area contributed by atoms with Crippen LogP contribution in [0.2, 0.25) is 0 Å². The third-order valence-corrected chi connectivity index (χ3v) is 6.36. The minimum absolute atomic E-state index is 0.135. The van der Waals surface area contributed by atoms with Gasteiger partial charge in [0.15, 0.2) is 9.84 Å². The lowest BCUT2D eigenvalue weighted by Crippen LogP contribution is -2.47. The summed E-state index contributed by atoms with van der Waals surface area (Å²) < 4.78 is 60.1. The van der Waals surface area contributed by atoms with E-state index in [4.69, 9.17) is 0 Å². The van der Waals surface area contributed by atoms with Gasteiger partial charge in [-0.1, -0.05) is 0 Å². The van der Waals surface area contributed by atoms with Gasteiger partial charge >= 0.3 is 6.18 Å². The molecule has 2 rings (SSSR count). The topological polar surface area (TPSA) is 49.4 Å². The van der Waals surface area contributed by atoms with Gasteiger partial charge in [-0.25, -0.2) is 8.42 Å². The molecule has 1 unspecified atom stereocenters. The Morgan fingerprint density at radius 2 is 1.80 bits per heavy atom. The average molecular weight is 314 g/mol. The van der Waals surface area contributed by atoms with Crippen LogP contribution >= 0.6 is 0 Å². The molecule has 2 saturated heterocycles. The zero-order valence-electron chi connectivity index (χ0n) is 11.3. The molecule has 0 spiro atoms. The van der Waals surface area contributed by atoms with Crippen LogP contribution in [0.4, 0.5) is 13.2 Å². The van der Waals surface area contributed by atoms with Crippen molar-refractivity contribution in [3.63, 3.8) is 0 Å². The molecule has 4 nitrogen and oxygen atoms in total. The molecule has 1 N–H and O–H groups in total. The maximum absolute atomic E-state index is 12.3. The van der Waals surface area contributed by atoms with Crippen molar-refractivity contribution in [1.82, 2.24) is 10.2 Å². The van der Waals surface area contributed by atoms with Crippen molar-refractivity contribution in [3.05, 3.63) is 0 Å². The number of halogens is 3. The Balaban J connectivity index is 1.70. The minimum atomic E-state index is -4.14. The molecule has 2 heterocycles. The summed E-state index contributed by atoms with van der Waals surface area (Å²) in [6, 6.07) is 0.135. The van der Waals surface area contributed by atoms with E-state index >= 15 is 0 Å². The highest BCUT2D eigenvalue weighted by Crippen LogP contribution is 2.21. The van der Waals surface area contributed by atoms with Crippen LogP contribution in [0.5, 0.6) is 0 Å². The Kier molecular flexibility index (Phi) is 4.96. The van der Waals surface area contributed by atoms with E-state index in [0.29, 0.717) is 38.9 Å². The van der Waals surface area contributed by atoms with Crippen molar-refractivity contribution in [1.29, 1.82) is 0 Å². The SMILES string of the molecule is O=S1(=O)CCCC1CNC1CCN(CC(F)(F)F)CC1. The number of likely N-dealkylation sites (tertiary alicyclic amines) is 1. The first-order chi connectivity index (χ1) is 9.26. The zero-order chi connectivity index (χ0) is 14.8. The molecule has 2 fully saturated rings. The van der Waals surface area contributed by atoms with E-state index in [-0.39, 0.29) is 17.0 Å². The predicted molar refractivity (Wildman–Crippen MR) is 70.3 cm³/mol. The second kappa shape index (κ2) is 6.19. The summed E-state index contributed by atoms with van der Waals surface area (Å²) in [6.45, 7) is 0.409. The van der Waals surface area contributed by atoms with E-state index in [1.165, 1.54) is 4.90 Å². The summed E-state index contributed by atoms with van der Waals surface area (Å²) in [7, 11) is -2.94. The number of alkyl halides is 3. The van der Waals surface area contributed by atoms with Gasteiger partial charge in [0.1, 0.15) is 0 Å². The molecule has 118 valence electrons.